The standard InChI is InChI=1S/C45H30N4O/c46-44(28-13-3-1-4-14-28)48-45(29-23-24-33-32-18-9-11-21-37(32)49(38(33)27-29)30-15-5-2-6-16-30)47-43-35-19-8-7-17-31(35)34-25-26-40-41(42(34)43)36-20-10-12-22-39(36)50-40/h1-27,43H,(H2,46,47,48). The van der Waals surface area contributed by atoms with E-state index in [4.69, 9.17) is 20.1 Å². The van der Waals surface area contributed by atoms with Gasteiger partial charge in [-0.3, -0.25) is 4.99 Å². The van der Waals surface area contributed by atoms with Crippen LogP contribution in [-0.4, -0.2) is 16.2 Å². The van der Waals surface area contributed by atoms with Crippen LogP contribution in [0, 0.1) is 0 Å². The van der Waals surface area contributed by atoms with Crippen molar-refractivity contribution in [3.63, 3.8) is 0 Å². The van der Waals surface area contributed by atoms with Crippen molar-refractivity contribution in [1.29, 1.82) is 0 Å². The number of amidine groups is 2. The highest BCUT2D eigenvalue weighted by Crippen LogP contribution is 2.50. The van der Waals surface area contributed by atoms with Gasteiger partial charge < -0.3 is 14.7 Å². The molecule has 2 heterocycles. The number of fused-ring (bicyclic) bond motifs is 10. The highest BCUT2D eigenvalue weighted by Gasteiger charge is 2.32. The van der Waals surface area contributed by atoms with Crippen LogP contribution < -0.4 is 5.73 Å². The van der Waals surface area contributed by atoms with Crippen molar-refractivity contribution in [2.24, 2.45) is 15.7 Å². The Kier molecular flexibility index (Phi) is 6.33. The van der Waals surface area contributed by atoms with Gasteiger partial charge in [0.05, 0.1) is 11.0 Å². The third kappa shape index (κ3) is 4.34. The van der Waals surface area contributed by atoms with Crippen molar-refractivity contribution in [1.82, 2.24) is 4.57 Å². The molecule has 5 heteroatoms. The van der Waals surface area contributed by atoms with E-state index in [0.29, 0.717) is 11.7 Å². The lowest BCUT2D eigenvalue weighted by atomic mass is 9.98. The SMILES string of the molecule is NC(=NC(=NC1c2ccccc2-c2ccc3oc4ccccc4c3c21)c1ccc2c3ccccc3n(-c3ccccc3)c2c1)c1ccccc1. The van der Waals surface area contributed by atoms with Crippen LogP contribution >= 0.6 is 0 Å². The summed E-state index contributed by atoms with van der Waals surface area (Å²) in [6.07, 6.45) is 0. The first-order valence-corrected chi connectivity index (χ1v) is 16.8. The summed E-state index contributed by atoms with van der Waals surface area (Å²) in [6, 6.07) is 56.1. The highest BCUT2D eigenvalue weighted by atomic mass is 16.3. The molecule has 1 aliphatic rings. The van der Waals surface area contributed by atoms with Gasteiger partial charge in [0.1, 0.15) is 23.0 Å². The molecule has 2 N–H and O–H groups in total. The van der Waals surface area contributed by atoms with E-state index in [-0.39, 0.29) is 6.04 Å². The molecule has 2 aromatic heterocycles. The molecule has 1 atom stereocenters. The van der Waals surface area contributed by atoms with Crippen molar-refractivity contribution < 1.29 is 4.42 Å². The Balaban J connectivity index is 1.26. The summed E-state index contributed by atoms with van der Waals surface area (Å²) in [5.74, 6) is 0.974. The lowest BCUT2D eigenvalue weighted by Crippen LogP contribution is -2.17. The maximum atomic E-state index is 6.79. The van der Waals surface area contributed by atoms with Crippen molar-refractivity contribution in [3.05, 3.63) is 186 Å². The average Bonchev–Trinajstić information content (AvgIpc) is 3.82. The van der Waals surface area contributed by atoms with Gasteiger partial charge in [0, 0.05) is 43.9 Å². The molecule has 10 rings (SSSR count). The van der Waals surface area contributed by atoms with Crippen LogP contribution in [0.3, 0.4) is 0 Å². The van der Waals surface area contributed by atoms with Crippen LogP contribution in [0.5, 0.6) is 0 Å². The number of nitrogens with two attached hydrogens (primary N) is 1. The van der Waals surface area contributed by atoms with Crippen LogP contribution in [0.1, 0.15) is 28.3 Å². The number of rotatable bonds is 4. The summed E-state index contributed by atoms with van der Waals surface area (Å²) < 4.78 is 8.69. The largest absolute Gasteiger partial charge is 0.456 e. The molecule has 9 aromatic rings. The van der Waals surface area contributed by atoms with E-state index in [1.165, 1.54) is 10.9 Å². The molecule has 0 saturated carbocycles. The summed E-state index contributed by atoms with van der Waals surface area (Å²) >= 11 is 0. The number of benzene rings is 7. The number of para-hydroxylation sites is 3. The Hall–Kier alpha value is -6.72. The van der Waals surface area contributed by atoms with E-state index in [2.05, 4.69) is 120 Å². The molecule has 0 amide bonds. The minimum atomic E-state index is -0.330. The van der Waals surface area contributed by atoms with Crippen LogP contribution in [0.4, 0.5) is 0 Å². The molecule has 0 radical (unpaired) electrons. The monoisotopic (exact) mass is 642 g/mol. The van der Waals surface area contributed by atoms with Gasteiger partial charge in [0.15, 0.2) is 5.84 Å². The summed E-state index contributed by atoms with van der Waals surface area (Å²) in [4.78, 5) is 10.7. The Bertz CT molecular complexity index is 2830. The summed E-state index contributed by atoms with van der Waals surface area (Å²) in [6.45, 7) is 0. The molecule has 1 aliphatic carbocycles. The zero-order chi connectivity index (χ0) is 33.2. The maximum Gasteiger partial charge on any atom is 0.158 e. The molecule has 7 aromatic carbocycles. The van der Waals surface area contributed by atoms with Gasteiger partial charge in [-0.25, -0.2) is 4.99 Å². The molecule has 0 bridgehead atoms. The van der Waals surface area contributed by atoms with Crippen molar-refractivity contribution in [2.75, 3.05) is 0 Å². The van der Waals surface area contributed by atoms with Gasteiger partial charge in [-0.2, -0.15) is 0 Å². The maximum absolute atomic E-state index is 6.79. The fourth-order valence-electron chi connectivity index (χ4n) is 7.67. The predicted octanol–water partition coefficient (Wildman–Crippen LogP) is 10.6. The highest BCUT2D eigenvalue weighted by molar-refractivity contribution is 6.16. The predicted molar refractivity (Wildman–Crippen MR) is 205 cm³/mol. The fourth-order valence-corrected chi connectivity index (χ4v) is 7.67. The molecule has 0 aliphatic heterocycles. The summed E-state index contributed by atoms with van der Waals surface area (Å²) in [5.41, 5.74) is 18.1. The van der Waals surface area contributed by atoms with Gasteiger partial charge >= 0.3 is 0 Å². The lowest BCUT2D eigenvalue weighted by molar-refractivity contribution is 0.668. The number of hydrogen-bond donors (Lipinski definition) is 1. The Morgan fingerprint density at radius 3 is 2.12 bits per heavy atom. The van der Waals surface area contributed by atoms with Crippen LogP contribution in [0.15, 0.2) is 178 Å². The van der Waals surface area contributed by atoms with Gasteiger partial charge in [-0.15, -0.1) is 0 Å². The molecule has 0 fully saturated rings. The van der Waals surface area contributed by atoms with Crippen LogP contribution in [0.25, 0.3) is 60.6 Å². The molecule has 5 nitrogen and oxygen atoms in total. The molecule has 236 valence electrons. The Morgan fingerprint density at radius 1 is 0.560 bits per heavy atom. The van der Waals surface area contributed by atoms with Crippen molar-refractivity contribution >= 4 is 55.4 Å². The average molecular weight is 643 g/mol. The van der Waals surface area contributed by atoms with Crippen LogP contribution in [-0.2, 0) is 0 Å². The van der Waals surface area contributed by atoms with Gasteiger partial charge in [-0.05, 0) is 53.1 Å². The third-order valence-corrected chi connectivity index (χ3v) is 9.90. The zero-order valence-electron chi connectivity index (χ0n) is 27.0. The Labute approximate surface area is 288 Å². The number of hydrogen-bond acceptors (Lipinski definition) is 2. The lowest BCUT2D eigenvalue weighted by Gasteiger charge is -2.14. The topological polar surface area (TPSA) is 68.8 Å². The molecule has 0 spiro atoms. The fraction of sp³-hybridized carbons (Fsp3) is 0.0222. The minimum absolute atomic E-state index is 0.330. The molecule has 1 unspecified atom stereocenters. The summed E-state index contributed by atoms with van der Waals surface area (Å²) in [7, 11) is 0. The number of aromatic nitrogens is 1. The second kappa shape index (κ2) is 11.2. The molecule has 50 heavy (non-hydrogen) atoms. The number of furan rings is 1. The van der Waals surface area contributed by atoms with Gasteiger partial charge in [0.2, 0.25) is 0 Å². The van der Waals surface area contributed by atoms with Gasteiger partial charge in [0.25, 0.3) is 0 Å². The van der Waals surface area contributed by atoms with Crippen molar-refractivity contribution in [2.45, 2.75) is 6.04 Å². The minimum Gasteiger partial charge on any atom is -0.456 e. The van der Waals surface area contributed by atoms with Crippen molar-refractivity contribution in [3.8, 4) is 16.8 Å². The third-order valence-electron chi connectivity index (χ3n) is 9.90. The number of aliphatic imine (C=N–C) groups is 2. The molecule has 0 saturated heterocycles. The van der Waals surface area contributed by atoms with E-state index in [9.17, 15) is 0 Å². The van der Waals surface area contributed by atoms with Gasteiger partial charge in [-0.1, -0.05) is 127 Å². The normalized spacial score (nSPS) is 14.5. The van der Waals surface area contributed by atoms with E-state index in [1.807, 2.05) is 48.5 Å². The first kappa shape index (κ1) is 28.3. The second-order valence-electron chi connectivity index (χ2n) is 12.7. The first-order valence-electron chi connectivity index (χ1n) is 16.8. The van der Waals surface area contributed by atoms with E-state index < -0.39 is 0 Å². The van der Waals surface area contributed by atoms with E-state index >= 15 is 0 Å². The second-order valence-corrected chi connectivity index (χ2v) is 12.7. The van der Waals surface area contributed by atoms with Crippen LogP contribution in [0.2, 0.25) is 0 Å². The molecular formula is C45H30N4O. The smallest absolute Gasteiger partial charge is 0.158 e. The summed E-state index contributed by atoms with van der Waals surface area (Å²) in [5, 5.41) is 4.52. The molecular weight excluding hydrogens is 613 g/mol. The first-order chi connectivity index (χ1) is 24.7. The van der Waals surface area contributed by atoms with E-state index in [1.54, 1.807) is 0 Å². The number of nitrogens with zero attached hydrogens (tertiary/aromatic N) is 3. The quantitative estimate of drug-likeness (QED) is 0.153. The van der Waals surface area contributed by atoms with E-state index in [0.717, 1.165) is 71.9 Å². The Morgan fingerprint density at radius 2 is 1.26 bits per heavy atom. The zero-order valence-corrected chi connectivity index (χ0v) is 27.0.